The van der Waals surface area contributed by atoms with Crippen LogP contribution in [0.5, 0.6) is 11.5 Å². The van der Waals surface area contributed by atoms with E-state index in [1.807, 2.05) is 0 Å². The van der Waals surface area contributed by atoms with Crippen LogP contribution in [0.3, 0.4) is 0 Å². The molecule has 0 radical (unpaired) electrons. The van der Waals surface area contributed by atoms with Gasteiger partial charge < -0.3 is 14.9 Å². The van der Waals surface area contributed by atoms with Gasteiger partial charge in [-0.25, -0.2) is 9.59 Å². The molecule has 0 aliphatic carbocycles. The van der Waals surface area contributed by atoms with Crippen LogP contribution in [0.4, 0.5) is 0 Å². The molecule has 0 saturated carbocycles. The lowest BCUT2D eigenvalue weighted by Crippen LogP contribution is -2.38. The first-order valence-corrected chi connectivity index (χ1v) is 15.7. The van der Waals surface area contributed by atoms with Crippen molar-refractivity contribution in [1.29, 1.82) is 0 Å². The van der Waals surface area contributed by atoms with Gasteiger partial charge in [0.2, 0.25) is 0 Å². The van der Waals surface area contributed by atoms with Crippen LogP contribution in [0.15, 0.2) is 36.4 Å². The minimum Gasteiger partial charge on any atom is -0.478 e. The Bertz CT molecular complexity index is 1110. The summed E-state index contributed by atoms with van der Waals surface area (Å²) in [5.74, 6) is -0.642. The second-order valence-electron chi connectivity index (χ2n) is 13.0. The Kier molecular flexibility index (Phi) is 11.6. The van der Waals surface area contributed by atoms with Gasteiger partial charge in [0.05, 0.1) is 11.1 Å². The Morgan fingerprint density at radius 1 is 0.643 bits per heavy atom. The van der Waals surface area contributed by atoms with Gasteiger partial charge in [0.1, 0.15) is 11.5 Å². The summed E-state index contributed by atoms with van der Waals surface area (Å²) in [6.07, 6.45) is 5.40. The number of benzene rings is 2. The molecule has 1 heterocycles. The van der Waals surface area contributed by atoms with Gasteiger partial charge >= 0.3 is 11.9 Å². The summed E-state index contributed by atoms with van der Waals surface area (Å²) in [5, 5.41) is 19.8. The Hall–Kier alpha value is -2.90. The van der Waals surface area contributed by atoms with Crippen molar-refractivity contribution in [1.82, 2.24) is 9.80 Å². The lowest BCUT2D eigenvalue weighted by atomic mass is 9.66. The normalized spacial score (nSPS) is 14.1. The zero-order valence-corrected chi connectivity index (χ0v) is 26.9. The molecule has 0 spiro atoms. The number of unbranched alkanes of at least 4 members (excludes halogenated alkanes) is 2. The zero-order chi connectivity index (χ0) is 31.2. The molecule has 7 nitrogen and oxygen atoms in total. The number of carboxylic acid groups (broad SMARTS) is 2. The number of carbonyl (C=O) groups is 2. The van der Waals surface area contributed by atoms with Gasteiger partial charge in [0.25, 0.3) is 0 Å². The minimum atomic E-state index is -0.981. The van der Waals surface area contributed by atoms with E-state index in [4.69, 9.17) is 4.74 Å². The van der Waals surface area contributed by atoms with Gasteiger partial charge in [-0.2, -0.15) is 0 Å². The second kappa shape index (κ2) is 14.5. The first-order chi connectivity index (χ1) is 19.8. The predicted molar refractivity (Wildman–Crippen MR) is 169 cm³/mol. The summed E-state index contributed by atoms with van der Waals surface area (Å²) in [7, 11) is 0. The topological polar surface area (TPSA) is 90.3 Å². The number of nitrogens with zero attached hydrogens (tertiary/aromatic N) is 2. The van der Waals surface area contributed by atoms with E-state index in [0.29, 0.717) is 35.7 Å². The number of ether oxygens (including phenoxy) is 1. The molecule has 0 atom stereocenters. The van der Waals surface area contributed by atoms with Crippen molar-refractivity contribution < 1.29 is 24.5 Å². The third kappa shape index (κ3) is 7.73. The SMILES string of the molecule is CC(C)N(CCCCC1(CCCCN(C(C)C)C(C)C)c2cc(C(=O)O)ccc2Oc2ccc(C(=O)O)cc21)C(C)C. The molecule has 0 amide bonds. The smallest absolute Gasteiger partial charge is 0.335 e. The number of rotatable bonds is 16. The second-order valence-corrected chi connectivity index (χ2v) is 13.0. The maximum atomic E-state index is 12.1. The number of carboxylic acids is 2. The lowest BCUT2D eigenvalue weighted by Gasteiger charge is -2.41. The molecule has 2 aromatic rings. The fourth-order valence-corrected chi connectivity index (χ4v) is 6.85. The Morgan fingerprint density at radius 3 is 1.31 bits per heavy atom. The average molecular weight is 581 g/mol. The van der Waals surface area contributed by atoms with Crippen molar-refractivity contribution in [2.75, 3.05) is 13.1 Å². The predicted octanol–water partition coefficient (Wildman–Crippen LogP) is 8.05. The largest absolute Gasteiger partial charge is 0.478 e. The van der Waals surface area contributed by atoms with E-state index in [1.165, 1.54) is 0 Å². The fourth-order valence-electron chi connectivity index (χ4n) is 6.85. The summed E-state index contributed by atoms with van der Waals surface area (Å²) >= 11 is 0. The monoisotopic (exact) mass is 580 g/mol. The average Bonchev–Trinajstić information content (AvgIpc) is 2.91. The van der Waals surface area contributed by atoms with Crippen molar-refractivity contribution in [2.24, 2.45) is 0 Å². The quantitative estimate of drug-likeness (QED) is 0.194. The third-order valence-electron chi connectivity index (χ3n) is 8.90. The standard InChI is InChI=1S/C35H52N2O5/c1-23(2)36(24(3)4)19-11-9-17-35(18-10-12-20-37(25(5)6)26(7)8)29-21-27(33(38)39)13-15-31(29)42-32-16-14-28(34(40)41)22-30(32)35/h13-16,21-26H,9-12,17-20H2,1-8H3,(H,38,39)(H,40,41). The molecule has 42 heavy (non-hydrogen) atoms. The molecule has 232 valence electrons. The van der Waals surface area contributed by atoms with E-state index < -0.39 is 17.4 Å². The van der Waals surface area contributed by atoms with Crippen LogP contribution in [0.2, 0.25) is 0 Å². The van der Waals surface area contributed by atoms with Crippen molar-refractivity contribution in [3.05, 3.63) is 58.7 Å². The maximum absolute atomic E-state index is 12.1. The molecule has 2 N–H and O–H groups in total. The molecule has 0 aromatic heterocycles. The molecule has 0 saturated heterocycles. The van der Waals surface area contributed by atoms with Crippen molar-refractivity contribution in [3.8, 4) is 11.5 Å². The molecular weight excluding hydrogens is 528 g/mol. The van der Waals surface area contributed by atoms with E-state index in [-0.39, 0.29) is 11.1 Å². The van der Waals surface area contributed by atoms with Crippen molar-refractivity contribution >= 4 is 11.9 Å². The summed E-state index contributed by atoms with van der Waals surface area (Å²) in [6.45, 7) is 19.8. The van der Waals surface area contributed by atoms with E-state index in [1.54, 1.807) is 36.4 Å². The highest BCUT2D eigenvalue weighted by Crippen LogP contribution is 2.53. The van der Waals surface area contributed by atoms with E-state index >= 15 is 0 Å². The van der Waals surface area contributed by atoms with Gasteiger partial charge in [-0.3, -0.25) is 9.80 Å². The molecule has 0 bridgehead atoms. The Morgan fingerprint density at radius 2 is 1.00 bits per heavy atom. The van der Waals surface area contributed by atoms with E-state index in [2.05, 4.69) is 65.2 Å². The number of fused-ring (bicyclic) bond motifs is 2. The van der Waals surface area contributed by atoms with Crippen molar-refractivity contribution in [3.63, 3.8) is 0 Å². The Balaban J connectivity index is 2.05. The van der Waals surface area contributed by atoms with Crippen LogP contribution in [-0.4, -0.2) is 69.2 Å². The number of aromatic carboxylic acids is 2. The highest BCUT2D eigenvalue weighted by molar-refractivity contribution is 5.89. The van der Waals surface area contributed by atoms with Crippen LogP contribution >= 0.6 is 0 Å². The zero-order valence-electron chi connectivity index (χ0n) is 26.9. The van der Waals surface area contributed by atoms with Gasteiger partial charge in [-0.1, -0.05) is 12.8 Å². The molecule has 0 unspecified atom stereocenters. The van der Waals surface area contributed by atoms with E-state index in [9.17, 15) is 19.8 Å². The summed E-state index contributed by atoms with van der Waals surface area (Å²) < 4.78 is 6.31. The molecule has 0 fully saturated rings. The highest BCUT2D eigenvalue weighted by atomic mass is 16.5. The fraction of sp³-hybridized carbons (Fsp3) is 0.600. The highest BCUT2D eigenvalue weighted by Gasteiger charge is 2.42. The molecular formula is C35H52N2O5. The van der Waals surface area contributed by atoms with Crippen LogP contribution in [-0.2, 0) is 5.41 Å². The van der Waals surface area contributed by atoms with Crippen LogP contribution in [0, 0.1) is 0 Å². The lowest BCUT2D eigenvalue weighted by molar-refractivity contribution is 0.0686. The van der Waals surface area contributed by atoms with Gasteiger partial charge in [-0.15, -0.1) is 0 Å². The Labute approximate surface area is 252 Å². The van der Waals surface area contributed by atoms with Gasteiger partial charge in [0, 0.05) is 40.7 Å². The molecule has 7 heteroatoms. The van der Waals surface area contributed by atoms with Gasteiger partial charge in [-0.05, 0) is 131 Å². The summed E-state index contributed by atoms with van der Waals surface area (Å²) in [4.78, 5) is 29.2. The maximum Gasteiger partial charge on any atom is 0.335 e. The van der Waals surface area contributed by atoms with Crippen LogP contribution < -0.4 is 4.74 Å². The number of hydrogen-bond acceptors (Lipinski definition) is 5. The summed E-state index contributed by atoms with van der Waals surface area (Å²) in [5.41, 5.74) is 1.59. The molecule has 1 aliphatic rings. The number of hydrogen-bond donors (Lipinski definition) is 2. The third-order valence-corrected chi connectivity index (χ3v) is 8.90. The first-order valence-electron chi connectivity index (χ1n) is 15.7. The molecule has 2 aromatic carbocycles. The minimum absolute atomic E-state index is 0.219. The molecule has 1 aliphatic heterocycles. The first kappa shape index (κ1) is 33.6. The van der Waals surface area contributed by atoms with Gasteiger partial charge in [0.15, 0.2) is 0 Å². The summed E-state index contributed by atoms with van der Waals surface area (Å²) in [6, 6.07) is 12.0. The molecule has 3 rings (SSSR count). The van der Waals surface area contributed by atoms with E-state index in [0.717, 1.165) is 62.7 Å². The van der Waals surface area contributed by atoms with Crippen LogP contribution in [0.25, 0.3) is 0 Å². The van der Waals surface area contributed by atoms with Crippen molar-refractivity contribution in [2.45, 2.75) is 123 Å². The van der Waals surface area contributed by atoms with Crippen LogP contribution in [0.1, 0.15) is 126 Å².